The molecule has 0 spiro atoms. The van der Waals surface area contributed by atoms with Crippen LogP contribution in [0.4, 0.5) is 5.69 Å². The number of amides is 1. The van der Waals surface area contributed by atoms with Gasteiger partial charge in [0.2, 0.25) is 0 Å². The Balaban J connectivity index is 1.71. The third kappa shape index (κ3) is 4.87. The van der Waals surface area contributed by atoms with Gasteiger partial charge >= 0.3 is 0 Å². The van der Waals surface area contributed by atoms with E-state index < -0.39 is 5.91 Å². The first-order chi connectivity index (χ1) is 16.1. The van der Waals surface area contributed by atoms with Gasteiger partial charge in [-0.05, 0) is 37.6 Å². The van der Waals surface area contributed by atoms with Crippen molar-refractivity contribution in [2.24, 2.45) is 0 Å². The summed E-state index contributed by atoms with van der Waals surface area (Å²) in [7, 11) is 0. The number of nitrogens with one attached hydrogen (secondary N) is 1. The van der Waals surface area contributed by atoms with E-state index >= 15 is 0 Å². The van der Waals surface area contributed by atoms with Crippen LogP contribution in [0.1, 0.15) is 29.9 Å². The van der Waals surface area contributed by atoms with Gasteiger partial charge in [-0.1, -0.05) is 48.5 Å². The van der Waals surface area contributed by atoms with E-state index in [0.717, 1.165) is 5.56 Å². The molecule has 1 aromatic heterocycles. The van der Waals surface area contributed by atoms with Gasteiger partial charge in [0.05, 0.1) is 25.1 Å². The quantitative estimate of drug-likeness (QED) is 0.434. The van der Waals surface area contributed by atoms with E-state index in [1.807, 2.05) is 44.2 Å². The van der Waals surface area contributed by atoms with Crippen molar-refractivity contribution in [1.82, 2.24) is 9.78 Å². The molecule has 0 aliphatic heterocycles. The smallest absolute Gasteiger partial charge is 0.276 e. The molecule has 0 bridgehead atoms. The molecular weight excluding hydrogens is 418 g/mol. The average Bonchev–Trinajstić information content (AvgIpc) is 2.83. The Hall–Kier alpha value is -4.13. The molecule has 1 N–H and O–H groups in total. The lowest BCUT2D eigenvalue weighted by Crippen LogP contribution is -2.28. The van der Waals surface area contributed by atoms with Crippen LogP contribution in [0.3, 0.4) is 0 Å². The molecule has 7 nitrogen and oxygen atoms in total. The molecule has 0 atom stereocenters. The van der Waals surface area contributed by atoms with Gasteiger partial charge in [0.15, 0.2) is 17.2 Å². The summed E-state index contributed by atoms with van der Waals surface area (Å²) in [4.78, 5) is 26.3. The second-order valence-corrected chi connectivity index (χ2v) is 7.32. The third-order valence-electron chi connectivity index (χ3n) is 5.06. The van der Waals surface area contributed by atoms with Gasteiger partial charge in [-0.2, -0.15) is 5.10 Å². The number of anilines is 1. The van der Waals surface area contributed by atoms with Crippen molar-refractivity contribution < 1.29 is 14.3 Å². The van der Waals surface area contributed by atoms with Gasteiger partial charge in [0.25, 0.3) is 11.5 Å². The third-order valence-corrected chi connectivity index (χ3v) is 5.06. The number of nitrogens with zero attached hydrogens (tertiary/aromatic N) is 2. The summed E-state index contributed by atoms with van der Waals surface area (Å²) in [5, 5.41) is 8.25. The van der Waals surface area contributed by atoms with Crippen LogP contribution in [0.15, 0.2) is 77.6 Å². The van der Waals surface area contributed by atoms with E-state index in [1.54, 1.807) is 42.5 Å². The number of carbonyl (C=O) groups excluding carboxylic acids is 1. The maximum atomic E-state index is 13.3. The van der Waals surface area contributed by atoms with Crippen molar-refractivity contribution in [2.75, 3.05) is 18.5 Å². The van der Waals surface area contributed by atoms with Crippen molar-refractivity contribution in [2.45, 2.75) is 20.4 Å². The van der Waals surface area contributed by atoms with E-state index in [9.17, 15) is 9.59 Å². The minimum Gasteiger partial charge on any atom is -0.490 e. The number of fused-ring (bicyclic) bond motifs is 1. The number of ether oxygens (including phenoxy) is 2. The number of aromatic nitrogens is 2. The fraction of sp³-hybridized carbons (Fsp3) is 0.192. The molecule has 0 saturated carbocycles. The van der Waals surface area contributed by atoms with Gasteiger partial charge in [-0.3, -0.25) is 9.59 Å². The molecule has 0 radical (unpaired) electrons. The number of carbonyl (C=O) groups is 1. The van der Waals surface area contributed by atoms with Crippen LogP contribution in [0.25, 0.3) is 10.8 Å². The standard InChI is InChI=1S/C26H25N3O4/c1-3-32-22-15-14-19(16-23(22)33-4-2)27-25(30)24-20-12-8-9-13-21(20)26(31)29(28-24)17-18-10-6-5-7-11-18/h5-16H,3-4,17H2,1-2H3,(H,27,30). The lowest BCUT2D eigenvalue weighted by atomic mass is 10.1. The van der Waals surface area contributed by atoms with Crippen LogP contribution in [0.5, 0.6) is 11.5 Å². The first kappa shape index (κ1) is 22.1. The van der Waals surface area contributed by atoms with E-state index in [4.69, 9.17) is 9.47 Å². The van der Waals surface area contributed by atoms with Gasteiger partial charge < -0.3 is 14.8 Å². The first-order valence-corrected chi connectivity index (χ1v) is 10.9. The molecular formula is C26H25N3O4. The van der Waals surface area contributed by atoms with Gasteiger partial charge in [0.1, 0.15) is 0 Å². The second-order valence-electron chi connectivity index (χ2n) is 7.32. The number of benzene rings is 3. The highest BCUT2D eigenvalue weighted by Crippen LogP contribution is 2.31. The topological polar surface area (TPSA) is 82.5 Å². The molecule has 33 heavy (non-hydrogen) atoms. The predicted molar refractivity (Wildman–Crippen MR) is 128 cm³/mol. The van der Waals surface area contributed by atoms with E-state index in [0.29, 0.717) is 41.2 Å². The Kier molecular flexibility index (Phi) is 6.69. The molecule has 4 rings (SSSR count). The van der Waals surface area contributed by atoms with E-state index in [-0.39, 0.29) is 17.8 Å². The van der Waals surface area contributed by atoms with E-state index in [2.05, 4.69) is 10.4 Å². The lowest BCUT2D eigenvalue weighted by molar-refractivity contribution is 0.102. The molecule has 0 aliphatic carbocycles. The highest BCUT2D eigenvalue weighted by molar-refractivity contribution is 6.11. The fourth-order valence-electron chi connectivity index (χ4n) is 3.59. The maximum Gasteiger partial charge on any atom is 0.276 e. The Morgan fingerprint density at radius 2 is 1.55 bits per heavy atom. The Labute approximate surface area is 191 Å². The zero-order chi connectivity index (χ0) is 23.2. The lowest BCUT2D eigenvalue weighted by Gasteiger charge is -2.14. The Morgan fingerprint density at radius 3 is 2.27 bits per heavy atom. The molecule has 0 saturated heterocycles. The monoisotopic (exact) mass is 443 g/mol. The SMILES string of the molecule is CCOc1ccc(NC(=O)c2nn(Cc3ccccc3)c(=O)c3ccccc23)cc1OCC. The highest BCUT2D eigenvalue weighted by atomic mass is 16.5. The van der Waals surface area contributed by atoms with Crippen LogP contribution >= 0.6 is 0 Å². The summed E-state index contributed by atoms with van der Waals surface area (Å²) >= 11 is 0. The van der Waals surface area contributed by atoms with Crippen LogP contribution in [-0.2, 0) is 6.54 Å². The average molecular weight is 444 g/mol. The maximum absolute atomic E-state index is 13.3. The highest BCUT2D eigenvalue weighted by Gasteiger charge is 2.18. The van der Waals surface area contributed by atoms with Crippen LogP contribution in [-0.4, -0.2) is 28.9 Å². The van der Waals surface area contributed by atoms with Crippen molar-refractivity contribution in [3.05, 3.63) is 94.4 Å². The minimum atomic E-state index is -0.417. The van der Waals surface area contributed by atoms with Crippen molar-refractivity contribution in [3.8, 4) is 11.5 Å². The number of rotatable bonds is 8. The van der Waals surface area contributed by atoms with E-state index in [1.165, 1.54) is 4.68 Å². The van der Waals surface area contributed by atoms with Crippen molar-refractivity contribution >= 4 is 22.4 Å². The van der Waals surface area contributed by atoms with Gasteiger partial charge in [0, 0.05) is 17.1 Å². The summed E-state index contributed by atoms with van der Waals surface area (Å²) in [5.41, 5.74) is 1.39. The minimum absolute atomic E-state index is 0.174. The van der Waals surface area contributed by atoms with Gasteiger partial charge in [-0.15, -0.1) is 0 Å². The summed E-state index contributed by atoms with van der Waals surface area (Å²) in [6, 6.07) is 21.8. The zero-order valence-corrected chi connectivity index (χ0v) is 18.6. The molecule has 168 valence electrons. The number of hydrogen-bond donors (Lipinski definition) is 1. The Morgan fingerprint density at radius 1 is 0.879 bits per heavy atom. The number of hydrogen-bond acceptors (Lipinski definition) is 5. The molecule has 4 aromatic rings. The van der Waals surface area contributed by atoms with Crippen LogP contribution in [0, 0.1) is 0 Å². The normalized spacial score (nSPS) is 10.7. The molecule has 0 aliphatic rings. The summed E-state index contributed by atoms with van der Waals surface area (Å²) in [6.07, 6.45) is 0. The summed E-state index contributed by atoms with van der Waals surface area (Å²) in [6.45, 7) is 5.01. The molecule has 3 aromatic carbocycles. The molecule has 7 heteroatoms. The fourth-order valence-corrected chi connectivity index (χ4v) is 3.59. The summed E-state index contributed by atoms with van der Waals surface area (Å²) in [5.74, 6) is 0.737. The van der Waals surface area contributed by atoms with Crippen LogP contribution in [0.2, 0.25) is 0 Å². The predicted octanol–water partition coefficient (Wildman–Crippen LogP) is 4.49. The molecule has 1 heterocycles. The molecule has 1 amide bonds. The summed E-state index contributed by atoms with van der Waals surface area (Å²) < 4.78 is 12.6. The molecule has 0 fully saturated rings. The zero-order valence-electron chi connectivity index (χ0n) is 18.6. The van der Waals surface area contributed by atoms with Crippen molar-refractivity contribution in [1.29, 1.82) is 0 Å². The Bertz CT molecular complexity index is 1330. The van der Waals surface area contributed by atoms with Crippen LogP contribution < -0.4 is 20.3 Å². The van der Waals surface area contributed by atoms with Gasteiger partial charge in [-0.25, -0.2) is 4.68 Å². The second kappa shape index (κ2) is 9.99. The largest absolute Gasteiger partial charge is 0.490 e. The first-order valence-electron chi connectivity index (χ1n) is 10.9. The van der Waals surface area contributed by atoms with Crippen molar-refractivity contribution in [3.63, 3.8) is 0 Å². The molecule has 0 unspecified atom stereocenters.